The highest BCUT2D eigenvalue weighted by Crippen LogP contribution is 2.37. The van der Waals surface area contributed by atoms with Gasteiger partial charge in [-0.3, -0.25) is 0 Å². The first kappa shape index (κ1) is 16.2. The first-order valence-corrected chi connectivity index (χ1v) is 7.61. The molecule has 0 spiro atoms. The summed E-state index contributed by atoms with van der Waals surface area (Å²) in [7, 11) is 0. The van der Waals surface area contributed by atoms with Gasteiger partial charge in [0.15, 0.2) is 0 Å². The number of rotatable bonds is 4. The molecular formula is C15H25NO2S. The first-order valence-electron chi connectivity index (χ1n) is 6.47. The summed E-state index contributed by atoms with van der Waals surface area (Å²) in [6, 6.07) is 6.04. The van der Waals surface area contributed by atoms with Crippen molar-refractivity contribution in [2.75, 3.05) is 0 Å². The van der Waals surface area contributed by atoms with Crippen molar-refractivity contribution in [3.8, 4) is 5.75 Å². The fourth-order valence-electron chi connectivity index (χ4n) is 2.63. The molecule has 0 heterocycles. The fraction of sp³-hybridized carbons (Fsp3) is 0.600. The molecule has 19 heavy (non-hydrogen) atoms. The smallest absolute Gasteiger partial charge is 0.285 e. The summed E-state index contributed by atoms with van der Waals surface area (Å²) in [5, 5.41) is 5.20. The largest absolute Gasteiger partial charge is 0.389 e. The van der Waals surface area contributed by atoms with Crippen molar-refractivity contribution in [3.05, 3.63) is 29.3 Å². The molecule has 0 aliphatic carbocycles. The van der Waals surface area contributed by atoms with Gasteiger partial charge < -0.3 is 4.18 Å². The van der Waals surface area contributed by atoms with Crippen LogP contribution in [0.2, 0.25) is 0 Å². The Labute approximate surface area is 119 Å². The van der Waals surface area contributed by atoms with E-state index in [1.807, 2.05) is 19.1 Å². The van der Waals surface area contributed by atoms with Crippen molar-refractivity contribution in [1.82, 2.24) is 0 Å². The zero-order valence-electron chi connectivity index (χ0n) is 12.7. The molecule has 1 aromatic carbocycles. The Balaban J connectivity index is 3.10. The van der Waals surface area contributed by atoms with Crippen LogP contribution in [0.3, 0.4) is 0 Å². The summed E-state index contributed by atoms with van der Waals surface area (Å²) in [5.74, 6) is 0.598. The monoisotopic (exact) mass is 283 g/mol. The third kappa shape index (κ3) is 4.96. The van der Waals surface area contributed by atoms with Crippen LogP contribution in [0.15, 0.2) is 18.2 Å². The standard InChI is InChI=1S/C15H25NO2S/c1-11-7-8-12(9-13(11)18-19(16)17)15(5,6)10-14(2,3)4/h7-9H,10,16H2,1-6H3. The Morgan fingerprint density at radius 2 is 1.79 bits per heavy atom. The third-order valence-corrected chi connectivity index (χ3v) is 3.46. The highest BCUT2D eigenvalue weighted by atomic mass is 32.2. The average molecular weight is 283 g/mol. The highest BCUT2D eigenvalue weighted by Gasteiger charge is 2.27. The Morgan fingerprint density at radius 3 is 2.26 bits per heavy atom. The van der Waals surface area contributed by atoms with E-state index in [9.17, 15) is 4.21 Å². The van der Waals surface area contributed by atoms with Crippen molar-refractivity contribution in [3.63, 3.8) is 0 Å². The van der Waals surface area contributed by atoms with Crippen LogP contribution in [0.4, 0.5) is 0 Å². The zero-order chi connectivity index (χ0) is 14.8. The normalized spacial score (nSPS) is 14.3. The number of hydrogen-bond acceptors (Lipinski definition) is 2. The van der Waals surface area contributed by atoms with Gasteiger partial charge in [0.05, 0.1) is 0 Å². The molecule has 0 aliphatic rings. The quantitative estimate of drug-likeness (QED) is 0.917. The minimum atomic E-state index is -1.78. The number of benzene rings is 1. The van der Waals surface area contributed by atoms with Crippen molar-refractivity contribution in [2.45, 2.75) is 53.4 Å². The van der Waals surface area contributed by atoms with Crippen LogP contribution in [-0.4, -0.2) is 4.21 Å². The molecule has 108 valence electrons. The lowest BCUT2D eigenvalue weighted by atomic mass is 9.72. The minimum Gasteiger partial charge on any atom is -0.389 e. The number of hydrogen-bond donors (Lipinski definition) is 1. The molecule has 1 unspecified atom stereocenters. The van der Waals surface area contributed by atoms with Crippen molar-refractivity contribution >= 4 is 11.3 Å². The summed E-state index contributed by atoms with van der Waals surface area (Å²) < 4.78 is 16.2. The Kier molecular flexibility index (Phi) is 4.80. The first-order chi connectivity index (χ1) is 8.51. The fourth-order valence-corrected chi connectivity index (χ4v) is 2.98. The summed E-state index contributed by atoms with van der Waals surface area (Å²) >= 11 is -1.78. The molecule has 0 saturated heterocycles. The lowest BCUT2D eigenvalue weighted by Gasteiger charge is -2.33. The average Bonchev–Trinajstić information content (AvgIpc) is 2.16. The maximum Gasteiger partial charge on any atom is 0.285 e. The Bertz CT molecular complexity index is 476. The van der Waals surface area contributed by atoms with Crippen molar-refractivity contribution < 1.29 is 8.39 Å². The van der Waals surface area contributed by atoms with E-state index in [2.05, 4.69) is 40.7 Å². The van der Waals surface area contributed by atoms with Crippen LogP contribution in [-0.2, 0) is 16.7 Å². The molecule has 0 bridgehead atoms. The van der Waals surface area contributed by atoms with Gasteiger partial charge in [0.1, 0.15) is 5.75 Å². The van der Waals surface area contributed by atoms with Crippen LogP contribution in [0.25, 0.3) is 0 Å². The van der Waals surface area contributed by atoms with Gasteiger partial charge >= 0.3 is 0 Å². The molecule has 1 aromatic rings. The molecule has 0 aromatic heterocycles. The van der Waals surface area contributed by atoms with Gasteiger partial charge in [-0.25, -0.2) is 5.14 Å². The molecule has 1 rings (SSSR count). The molecular weight excluding hydrogens is 258 g/mol. The van der Waals surface area contributed by atoms with Gasteiger partial charge in [-0.15, -0.1) is 0 Å². The lowest BCUT2D eigenvalue weighted by molar-refractivity contribution is 0.284. The van der Waals surface area contributed by atoms with E-state index in [0.717, 1.165) is 12.0 Å². The Hall–Kier alpha value is -0.870. The van der Waals surface area contributed by atoms with Crippen LogP contribution < -0.4 is 9.32 Å². The molecule has 2 N–H and O–H groups in total. The predicted molar refractivity (Wildman–Crippen MR) is 81.2 cm³/mol. The summed E-state index contributed by atoms with van der Waals surface area (Å²) in [6.45, 7) is 13.0. The molecule has 0 saturated carbocycles. The summed E-state index contributed by atoms with van der Waals surface area (Å²) in [4.78, 5) is 0. The van der Waals surface area contributed by atoms with Gasteiger partial charge in [-0.1, -0.05) is 46.8 Å². The lowest BCUT2D eigenvalue weighted by Crippen LogP contribution is -2.25. The SMILES string of the molecule is Cc1ccc(C(C)(C)CC(C)(C)C)cc1OS(N)=O. The van der Waals surface area contributed by atoms with Gasteiger partial charge in [0.2, 0.25) is 0 Å². The van der Waals surface area contributed by atoms with Gasteiger partial charge in [0, 0.05) is 0 Å². The molecule has 0 fully saturated rings. The molecule has 1 atom stereocenters. The van der Waals surface area contributed by atoms with Crippen LogP contribution in [0.1, 0.15) is 52.2 Å². The van der Waals surface area contributed by atoms with E-state index >= 15 is 0 Å². The third-order valence-electron chi connectivity index (χ3n) is 3.11. The molecule has 0 aliphatic heterocycles. The maximum atomic E-state index is 11.0. The van der Waals surface area contributed by atoms with Crippen LogP contribution in [0, 0.1) is 12.3 Å². The van der Waals surface area contributed by atoms with E-state index < -0.39 is 11.3 Å². The van der Waals surface area contributed by atoms with E-state index in [0.29, 0.717) is 5.75 Å². The second-order valence-electron chi connectivity index (χ2n) is 6.95. The van der Waals surface area contributed by atoms with E-state index in [1.165, 1.54) is 5.56 Å². The summed E-state index contributed by atoms with van der Waals surface area (Å²) in [6.07, 6.45) is 1.05. The second kappa shape index (κ2) is 5.63. The number of nitrogens with two attached hydrogens (primary N) is 1. The second-order valence-corrected chi connectivity index (χ2v) is 7.63. The van der Waals surface area contributed by atoms with E-state index in [1.54, 1.807) is 0 Å². The topological polar surface area (TPSA) is 52.3 Å². The highest BCUT2D eigenvalue weighted by molar-refractivity contribution is 7.78. The zero-order valence-corrected chi connectivity index (χ0v) is 13.6. The summed E-state index contributed by atoms with van der Waals surface area (Å²) in [5.41, 5.74) is 2.38. The molecule has 0 radical (unpaired) electrons. The van der Waals surface area contributed by atoms with E-state index in [4.69, 9.17) is 9.32 Å². The molecule has 0 amide bonds. The number of aryl methyl sites for hydroxylation is 1. The molecule has 3 nitrogen and oxygen atoms in total. The predicted octanol–water partition coefficient (Wildman–Crippen LogP) is 3.63. The van der Waals surface area contributed by atoms with Gasteiger partial charge in [-0.2, -0.15) is 4.21 Å². The van der Waals surface area contributed by atoms with E-state index in [-0.39, 0.29) is 10.8 Å². The Morgan fingerprint density at radius 1 is 1.21 bits per heavy atom. The van der Waals surface area contributed by atoms with Crippen molar-refractivity contribution in [2.24, 2.45) is 10.6 Å². The minimum absolute atomic E-state index is 0.0279. The van der Waals surface area contributed by atoms with Gasteiger partial charge in [-0.05, 0) is 41.4 Å². The maximum absolute atomic E-state index is 11.0. The molecule has 4 heteroatoms. The van der Waals surface area contributed by atoms with Crippen LogP contribution in [0.5, 0.6) is 5.75 Å². The van der Waals surface area contributed by atoms with Gasteiger partial charge in [0.25, 0.3) is 11.3 Å². The van der Waals surface area contributed by atoms with Crippen LogP contribution >= 0.6 is 0 Å². The van der Waals surface area contributed by atoms with Crippen molar-refractivity contribution in [1.29, 1.82) is 0 Å².